The van der Waals surface area contributed by atoms with Crippen molar-refractivity contribution in [1.82, 2.24) is 14.5 Å². The minimum atomic E-state index is -3.15. The van der Waals surface area contributed by atoms with Gasteiger partial charge in [0.05, 0.1) is 18.3 Å². The minimum Gasteiger partial charge on any atom is -0.348 e. The third-order valence-electron chi connectivity index (χ3n) is 4.77. The third kappa shape index (κ3) is 5.52. The average Bonchev–Trinajstić information content (AvgIpc) is 2.60. The molecule has 0 aromatic heterocycles. The molecule has 140 valence electrons. The molecule has 6 nitrogen and oxygen atoms in total. The van der Waals surface area contributed by atoms with Crippen LogP contribution >= 0.6 is 0 Å². The topological polar surface area (TPSA) is 69.7 Å². The van der Waals surface area contributed by atoms with E-state index in [4.69, 9.17) is 0 Å². The molecule has 1 heterocycles. The van der Waals surface area contributed by atoms with Crippen LogP contribution in [0.5, 0.6) is 0 Å². The number of hydrogen-bond acceptors (Lipinski definition) is 4. The molecule has 2 unspecified atom stereocenters. The van der Waals surface area contributed by atoms with E-state index in [9.17, 15) is 13.2 Å². The number of amides is 1. The fourth-order valence-corrected chi connectivity index (χ4v) is 4.00. The lowest BCUT2D eigenvalue weighted by atomic mass is 10.0. The van der Waals surface area contributed by atoms with Gasteiger partial charge in [-0.2, -0.15) is 4.31 Å². The molecule has 1 aromatic rings. The van der Waals surface area contributed by atoms with Crippen LogP contribution < -0.4 is 5.32 Å². The molecule has 0 bridgehead atoms. The summed E-state index contributed by atoms with van der Waals surface area (Å²) in [7, 11) is -3.15. The fourth-order valence-electron chi connectivity index (χ4n) is 3.18. The molecule has 2 atom stereocenters. The molecule has 1 amide bonds. The average molecular weight is 368 g/mol. The van der Waals surface area contributed by atoms with Crippen LogP contribution in [0.3, 0.4) is 0 Å². The summed E-state index contributed by atoms with van der Waals surface area (Å²) in [6, 6.07) is 9.75. The van der Waals surface area contributed by atoms with Crippen LogP contribution in [0.15, 0.2) is 30.3 Å². The van der Waals surface area contributed by atoms with Gasteiger partial charge in [-0.1, -0.05) is 43.7 Å². The molecule has 0 aliphatic carbocycles. The Bertz CT molecular complexity index is 655. The molecule has 1 fully saturated rings. The smallest absolute Gasteiger partial charge is 0.237 e. The van der Waals surface area contributed by atoms with Gasteiger partial charge >= 0.3 is 0 Å². The van der Waals surface area contributed by atoms with E-state index in [1.54, 1.807) is 0 Å². The molecule has 0 radical (unpaired) electrons. The van der Waals surface area contributed by atoms with Crippen molar-refractivity contribution < 1.29 is 13.2 Å². The van der Waals surface area contributed by atoms with E-state index in [1.165, 1.54) is 10.6 Å². The molecule has 2 rings (SSSR count). The summed E-state index contributed by atoms with van der Waals surface area (Å²) in [6.45, 7) is 6.02. The van der Waals surface area contributed by atoms with Crippen LogP contribution in [0.4, 0.5) is 0 Å². The fraction of sp³-hybridized carbons (Fsp3) is 0.611. The van der Waals surface area contributed by atoms with Gasteiger partial charge < -0.3 is 5.32 Å². The number of carbonyl (C=O) groups excluding carboxylic acids is 1. The number of rotatable bonds is 7. The maximum absolute atomic E-state index is 12.7. The molecule has 1 aliphatic rings. The van der Waals surface area contributed by atoms with Crippen LogP contribution in [0.2, 0.25) is 0 Å². The van der Waals surface area contributed by atoms with Gasteiger partial charge in [0.1, 0.15) is 0 Å². The highest BCUT2D eigenvalue weighted by Crippen LogP contribution is 2.19. The van der Waals surface area contributed by atoms with E-state index in [0.29, 0.717) is 26.2 Å². The molecule has 0 saturated carbocycles. The maximum atomic E-state index is 12.7. The van der Waals surface area contributed by atoms with Crippen molar-refractivity contribution in [1.29, 1.82) is 0 Å². The largest absolute Gasteiger partial charge is 0.348 e. The molecule has 0 spiro atoms. The zero-order chi connectivity index (χ0) is 18.4. The summed E-state index contributed by atoms with van der Waals surface area (Å²) in [4.78, 5) is 14.7. The van der Waals surface area contributed by atoms with Crippen molar-refractivity contribution in [3.8, 4) is 0 Å². The number of benzene rings is 1. The summed E-state index contributed by atoms with van der Waals surface area (Å²) in [5.74, 6) is -0.00453. The highest BCUT2D eigenvalue weighted by Gasteiger charge is 2.29. The van der Waals surface area contributed by atoms with E-state index >= 15 is 0 Å². The monoisotopic (exact) mass is 367 g/mol. The predicted octanol–water partition coefficient (Wildman–Crippen LogP) is 1.61. The lowest BCUT2D eigenvalue weighted by Gasteiger charge is -2.36. The summed E-state index contributed by atoms with van der Waals surface area (Å²) >= 11 is 0. The lowest BCUT2D eigenvalue weighted by molar-refractivity contribution is -0.127. The van der Waals surface area contributed by atoms with Crippen molar-refractivity contribution in [2.45, 2.75) is 38.8 Å². The van der Waals surface area contributed by atoms with Gasteiger partial charge in [0.2, 0.25) is 15.9 Å². The Morgan fingerprint density at radius 3 is 2.28 bits per heavy atom. The highest BCUT2D eigenvalue weighted by molar-refractivity contribution is 7.88. The Balaban J connectivity index is 1.95. The van der Waals surface area contributed by atoms with Gasteiger partial charge in [-0.25, -0.2) is 8.42 Å². The maximum Gasteiger partial charge on any atom is 0.237 e. The van der Waals surface area contributed by atoms with Crippen molar-refractivity contribution >= 4 is 15.9 Å². The van der Waals surface area contributed by atoms with E-state index < -0.39 is 10.0 Å². The van der Waals surface area contributed by atoms with Crippen LogP contribution in [0.25, 0.3) is 0 Å². The molecular formula is C18H29N3O3S. The first-order chi connectivity index (χ1) is 11.8. The van der Waals surface area contributed by atoms with E-state index in [0.717, 1.165) is 18.4 Å². The van der Waals surface area contributed by atoms with E-state index in [-0.39, 0.29) is 18.0 Å². The second kappa shape index (κ2) is 8.78. The Kier molecular flexibility index (Phi) is 6.98. The minimum absolute atomic E-state index is 0.00453. The number of sulfonamides is 1. The predicted molar refractivity (Wildman–Crippen MR) is 99.7 cm³/mol. The lowest BCUT2D eigenvalue weighted by Crippen LogP contribution is -2.55. The zero-order valence-electron chi connectivity index (χ0n) is 15.3. The first-order valence-electron chi connectivity index (χ1n) is 8.87. The van der Waals surface area contributed by atoms with Crippen LogP contribution in [0, 0.1) is 0 Å². The number of nitrogens with one attached hydrogen (secondary N) is 1. The standard InChI is InChI=1S/C18H29N3O3S/c1-4-8-17(16-9-6-5-7-10-16)19-18(22)15(2)20-11-13-21(14-12-20)25(3,23)24/h5-7,9-10,15,17H,4,8,11-14H2,1-3H3,(H,19,22). The second-order valence-electron chi connectivity index (χ2n) is 6.63. The van der Waals surface area contributed by atoms with Gasteiger partial charge in [-0.05, 0) is 18.9 Å². The summed E-state index contributed by atoms with van der Waals surface area (Å²) in [5, 5.41) is 3.16. The normalized spacial score (nSPS) is 19.3. The molecule has 1 aliphatic heterocycles. The molecule has 7 heteroatoms. The SMILES string of the molecule is CCCC(NC(=O)C(C)N1CCN(S(C)(=O)=O)CC1)c1ccccc1. The Morgan fingerprint density at radius 2 is 1.76 bits per heavy atom. The Hall–Kier alpha value is -1.44. The molecule has 25 heavy (non-hydrogen) atoms. The Labute approximate surface area is 151 Å². The first kappa shape index (κ1) is 19.9. The second-order valence-corrected chi connectivity index (χ2v) is 8.62. The quantitative estimate of drug-likeness (QED) is 0.795. The molecular weight excluding hydrogens is 338 g/mol. The number of carbonyl (C=O) groups is 1. The van der Waals surface area contributed by atoms with Gasteiger partial charge in [0.25, 0.3) is 0 Å². The zero-order valence-corrected chi connectivity index (χ0v) is 16.1. The van der Waals surface area contributed by atoms with Crippen molar-refractivity contribution in [2.24, 2.45) is 0 Å². The van der Waals surface area contributed by atoms with Crippen LogP contribution in [0.1, 0.15) is 38.3 Å². The number of nitrogens with zero attached hydrogens (tertiary/aromatic N) is 2. The van der Waals surface area contributed by atoms with Gasteiger partial charge in [0, 0.05) is 26.2 Å². The molecule has 1 saturated heterocycles. The van der Waals surface area contributed by atoms with Gasteiger partial charge in [-0.3, -0.25) is 9.69 Å². The third-order valence-corrected chi connectivity index (χ3v) is 6.07. The van der Waals surface area contributed by atoms with Crippen molar-refractivity contribution in [2.75, 3.05) is 32.4 Å². The van der Waals surface area contributed by atoms with Crippen LogP contribution in [-0.2, 0) is 14.8 Å². The van der Waals surface area contributed by atoms with E-state index in [2.05, 4.69) is 12.2 Å². The Morgan fingerprint density at radius 1 is 1.16 bits per heavy atom. The number of hydrogen-bond donors (Lipinski definition) is 1. The number of piperazine rings is 1. The van der Waals surface area contributed by atoms with Crippen molar-refractivity contribution in [3.63, 3.8) is 0 Å². The summed E-state index contributed by atoms with van der Waals surface area (Å²) in [5.41, 5.74) is 1.12. The summed E-state index contributed by atoms with van der Waals surface area (Å²) in [6.07, 6.45) is 3.11. The molecule has 1 N–H and O–H groups in total. The van der Waals surface area contributed by atoms with Gasteiger partial charge in [0.15, 0.2) is 0 Å². The molecule has 1 aromatic carbocycles. The summed E-state index contributed by atoms with van der Waals surface area (Å²) < 4.78 is 24.7. The van der Waals surface area contributed by atoms with Crippen LogP contribution in [-0.4, -0.2) is 62.0 Å². The first-order valence-corrected chi connectivity index (χ1v) is 10.7. The van der Waals surface area contributed by atoms with Gasteiger partial charge in [-0.15, -0.1) is 0 Å². The highest BCUT2D eigenvalue weighted by atomic mass is 32.2. The van der Waals surface area contributed by atoms with Crippen molar-refractivity contribution in [3.05, 3.63) is 35.9 Å². The van der Waals surface area contributed by atoms with E-state index in [1.807, 2.05) is 42.2 Å².